The number of hydrogen-bond acceptors (Lipinski definition) is 8. The molecule has 8 rings (SSSR count). The van der Waals surface area contributed by atoms with E-state index in [0.717, 1.165) is 29.4 Å². The van der Waals surface area contributed by atoms with Crippen molar-refractivity contribution in [2.45, 2.75) is 68.8 Å². The number of alkyl halides is 1. The van der Waals surface area contributed by atoms with E-state index in [0.29, 0.717) is 43.0 Å². The van der Waals surface area contributed by atoms with E-state index in [9.17, 15) is 9.50 Å². The van der Waals surface area contributed by atoms with Gasteiger partial charge in [-0.2, -0.15) is 9.97 Å². The first kappa shape index (κ1) is 21.4. The summed E-state index contributed by atoms with van der Waals surface area (Å²) in [5, 5.41) is 14.4. The molecule has 2 bridgehead atoms. The summed E-state index contributed by atoms with van der Waals surface area (Å²) in [5.41, 5.74) is -0.175. The minimum atomic E-state index is -2.67. The third-order valence-corrected chi connectivity index (χ3v) is 9.35. The molecule has 42 heavy (non-hydrogen) atoms. The van der Waals surface area contributed by atoms with E-state index in [1.54, 1.807) is 4.90 Å². The van der Waals surface area contributed by atoms with Crippen LogP contribution in [0.5, 0.6) is 11.8 Å². The highest BCUT2D eigenvalue weighted by atomic mass is 19.2. The number of nitrogens with one attached hydrogen (secondary N) is 1. The Morgan fingerprint density at radius 3 is 2.83 bits per heavy atom. The molecular weight excluding hydrogens is 545 g/mol. The summed E-state index contributed by atoms with van der Waals surface area (Å²) >= 11 is 0. The summed E-state index contributed by atoms with van der Waals surface area (Å²) in [6, 6.07) is 5.37. The second-order valence-electron chi connectivity index (χ2n) is 12.1. The minimum Gasteiger partial charge on any atom is -0.508 e. The van der Waals surface area contributed by atoms with E-state index < -0.39 is 49.3 Å². The third-order valence-electron chi connectivity index (χ3n) is 9.35. The molecule has 4 saturated heterocycles. The van der Waals surface area contributed by atoms with Crippen molar-refractivity contribution in [3.05, 3.63) is 47.2 Å². The average molecular weight is 586 g/mol. The molecule has 2 aromatic carbocycles. The van der Waals surface area contributed by atoms with Gasteiger partial charge >= 0.3 is 6.01 Å². The van der Waals surface area contributed by atoms with Crippen LogP contribution in [0.2, 0.25) is 0 Å². The van der Waals surface area contributed by atoms with Gasteiger partial charge in [0.05, 0.1) is 27.6 Å². The van der Waals surface area contributed by atoms with Crippen LogP contribution >= 0.6 is 0 Å². The van der Waals surface area contributed by atoms with Crippen molar-refractivity contribution in [2.24, 2.45) is 0 Å². The molecule has 8 nitrogen and oxygen atoms in total. The van der Waals surface area contributed by atoms with Crippen LogP contribution in [0.3, 0.4) is 0 Å². The van der Waals surface area contributed by atoms with Crippen molar-refractivity contribution >= 4 is 22.3 Å². The standard InChI is InChI=1S/C31H35F3N6O2/c32-19-12-31(7-1-8-40(31)13-19)17-42-30-36-25-16-38(26-11-22(41)10-18-2-5-24(33)28(34)27(18)26)9-6-23(25)29(37-30)39-14-20-3-4-21(15-39)35-20/h2,5,10-11,19-21,35,41H,1,3-4,6-9,12-17H2/t19-,20-,21+,31+/m1/s1/i8D2,17D2,19D. The first-order valence-electron chi connectivity index (χ1n) is 17.1. The Bertz CT molecular complexity index is 1770. The van der Waals surface area contributed by atoms with E-state index >= 15 is 8.78 Å². The predicted octanol–water partition coefficient (Wildman–Crippen LogP) is 4.07. The first-order chi connectivity index (χ1) is 22.1. The fraction of sp³-hybridized carbons (Fsp3) is 0.548. The van der Waals surface area contributed by atoms with Gasteiger partial charge < -0.3 is 25.0 Å². The van der Waals surface area contributed by atoms with Crippen molar-refractivity contribution in [3.63, 3.8) is 0 Å². The zero-order valence-corrected chi connectivity index (χ0v) is 23.0. The third kappa shape index (κ3) is 4.35. The molecule has 4 fully saturated rings. The lowest BCUT2D eigenvalue weighted by atomic mass is 9.95. The molecule has 0 saturated carbocycles. The van der Waals surface area contributed by atoms with Gasteiger partial charge in [-0.05, 0) is 56.1 Å². The average Bonchev–Trinajstić information content (AvgIpc) is 3.60. The summed E-state index contributed by atoms with van der Waals surface area (Å²) in [5.74, 6) is -1.58. The second-order valence-corrected chi connectivity index (χ2v) is 12.1. The maximum atomic E-state index is 15.2. The quantitative estimate of drug-likeness (QED) is 0.464. The lowest BCUT2D eigenvalue weighted by molar-refractivity contribution is 0.107. The lowest BCUT2D eigenvalue weighted by Gasteiger charge is -2.38. The molecule has 2 N–H and O–H groups in total. The first-order valence-corrected chi connectivity index (χ1v) is 14.6. The number of anilines is 2. The molecule has 0 spiro atoms. The molecule has 0 amide bonds. The number of aromatic nitrogens is 2. The van der Waals surface area contributed by atoms with Crippen LogP contribution in [-0.4, -0.2) is 83.0 Å². The summed E-state index contributed by atoms with van der Waals surface area (Å²) in [6.45, 7) is -3.47. The van der Waals surface area contributed by atoms with E-state index in [1.165, 1.54) is 18.2 Å². The van der Waals surface area contributed by atoms with E-state index in [4.69, 9.17) is 16.6 Å². The largest absolute Gasteiger partial charge is 0.508 e. The summed E-state index contributed by atoms with van der Waals surface area (Å²) < 4.78 is 93.7. The van der Waals surface area contributed by atoms with Gasteiger partial charge in [0.15, 0.2) is 11.6 Å². The molecule has 1 aromatic heterocycles. The van der Waals surface area contributed by atoms with E-state index in [2.05, 4.69) is 15.2 Å². The fourth-order valence-electron chi connectivity index (χ4n) is 7.38. The van der Waals surface area contributed by atoms with Crippen molar-refractivity contribution in [2.75, 3.05) is 49.0 Å². The van der Waals surface area contributed by atoms with Gasteiger partial charge in [0.2, 0.25) is 0 Å². The Balaban J connectivity index is 1.20. The Hall–Kier alpha value is -3.31. The van der Waals surface area contributed by atoms with Crippen LogP contribution in [0.1, 0.15) is 50.2 Å². The number of benzene rings is 2. The molecular formula is C31H35F3N6O2. The summed E-state index contributed by atoms with van der Waals surface area (Å²) in [7, 11) is 0. The molecule has 5 aliphatic rings. The molecule has 0 radical (unpaired) electrons. The molecule has 222 valence electrons. The Morgan fingerprint density at radius 1 is 1.17 bits per heavy atom. The van der Waals surface area contributed by atoms with Crippen LogP contribution in [0.25, 0.3) is 10.8 Å². The molecule has 3 aromatic rings. The zero-order valence-electron chi connectivity index (χ0n) is 28.0. The zero-order chi connectivity index (χ0) is 33.1. The number of nitrogens with zero attached hydrogens (tertiary/aromatic N) is 5. The SMILES string of the molecule is [2H]C1([2H])CC[C@@]2(C([2H])([2H])Oc3nc4c(c(N5C[C@H]6CC[C@@H](C5)N6)n3)CCN(c3cc(O)cc5ccc(F)c(F)c35)C4)C[C@@]([2H])(F)CN12. The van der Waals surface area contributed by atoms with Gasteiger partial charge in [-0.1, -0.05) is 6.07 Å². The number of rotatable bonds is 5. The highest BCUT2D eigenvalue weighted by molar-refractivity contribution is 5.96. The Morgan fingerprint density at radius 2 is 2.00 bits per heavy atom. The van der Waals surface area contributed by atoms with Gasteiger partial charge in [0.1, 0.15) is 24.3 Å². The molecule has 4 atom stereocenters. The number of halogens is 3. The number of aromatic hydroxyl groups is 1. The highest BCUT2D eigenvalue weighted by Crippen LogP contribution is 2.41. The summed E-state index contributed by atoms with van der Waals surface area (Å²) in [4.78, 5) is 14.4. The van der Waals surface area contributed by atoms with Gasteiger partial charge in [0, 0.05) is 64.4 Å². The van der Waals surface area contributed by atoms with Crippen molar-refractivity contribution in [3.8, 4) is 11.8 Å². The normalized spacial score (nSPS) is 33.9. The van der Waals surface area contributed by atoms with Crippen molar-refractivity contribution in [1.82, 2.24) is 20.2 Å². The van der Waals surface area contributed by atoms with Gasteiger partial charge in [0.25, 0.3) is 0 Å². The van der Waals surface area contributed by atoms with Crippen LogP contribution in [0.4, 0.5) is 24.7 Å². The monoisotopic (exact) mass is 585 g/mol. The number of phenolic OH excluding ortho intramolecular Hbond substituents is 1. The van der Waals surface area contributed by atoms with Crippen LogP contribution in [0, 0.1) is 11.6 Å². The van der Waals surface area contributed by atoms with Crippen LogP contribution in [-0.2, 0) is 13.0 Å². The minimum absolute atomic E-state index is 0.0213. The van der Waals surface area contributed by atoms with Gasteiger partial charge in [-0.25, -0.2) is 13.2 Å². The number of phenols is 1. The predicted molar refractivity (Wildman–Crippen MR) is 153 cm³/mol. The fourth-order valence-corrected chi connectivity index (χ4v) is 7.38. The smallest absolute Gasteiger partial charge is 0.318 e. The number of fused-ring (bicyclic) bond motifs is 5. The number of piperazine rings is 1. The van der Waals surface area contributed by atoms with E-state index in [1.807, 2.05) is 0 Å². The maximum absolute atomic E-state index is 15.2. The van der Waals surface area contributed by atoms with Crippen LogP contribution < -0.4 is 19.9 Å². The lowest BCUT2D eigenvalue weighted by Crippen LogP contribution is -2.52. The number of ether oxygens (including phenoxy) is 1. The molecule has 5 aliphatic heterocycles. The topological polar surface area (TPSA) is 77.0 Å². The molecule has 6 heterocycles. The Labute approximate surface area is 249 Å². The number of hydrogen-bond donors (Lipinski definition) is 2. The van der Waals surface area contributed by atoms with Crippen LogP contribution in [0.15, 0.2) is 24.3 Å². The van der Waals surface area contributed by atoms with Crippen molar-refractivity contribution in [1.29, 1.82) is 0 Å². The van der Waals surface area contributed by atoms with Gasteiger partial charge in [-0.3, -0.25) is 4.90 Å². The summed E-state index contributed by atoms with van der Waals surface area (Å²) in [6.07, 6.45) is -0.796. The van der Waals surface area contributed by atoms with E-state index in [-0.39, 0.29) is 54.3 Å². The Kier molecular flexibility index (Phi) is 5.03. The molecule has 0 unspecified atom stereocenters. The molecule has 11 heteroatoms. The second kappa shape index (κ2) is 9.87. The highest BCUT2D eigenvalue weighted by Gasteiger charge is 2.49. The van der Waals surface area contributed by atoms with Crippen molar-refractivity contribution < 1.29 is 29.9 Å². The van der Waals surface area contributed by atoms with Gasteiger partial charge in [-0.15, -0.1) is 0 Å². The maximum Gasteiger partial charge on any atom is 0.318 e. The molecule has 0 aliphatic carbocycles.